The third-order valence-corrected chi connectivity index (χ3v) is 8.40. The number of benzene rings is 5. The molecule has 0 bridgehead atoms. The van der Waals surface area contributed by atoms with Gasteiger partial charge in [-0.15, -0.1) is 0 Å². The number of hydrogen-bond donors (Lipinski definition) is 0. The molecule has 5 rings (SSSR count). The third kappa shape index (κ3) is 5.24. The van der Waals surface area contributed by atoms with Crippen LogP contribution in [0.2, 0.25) is 0 Å². The molecule has 170 valence electrons. The van der Waals surface area contributed by atoms with Crippen LogP contribution in [0.25, 0.3) is 0 Å². The molecular weight excluding hydrogens is 443 g/mol. The highest BCUT2D eigenvalue weighted by atomic mass is 31.1. The molecule has 0 radical (unpaired) electrons. The van der Waals surface area contributed by atoms with E-state index in [4.69, 9.17) is 4.99 Å². The first-order valence-electron chi connectivity index (χ1n) is 11.7. The molecule has 5 aromatic carbocycles. The second-order valence-corrected chi connectivity index (χ2v) is 10.4. The number of hydrogen-bond acceptors (Lipinski definition) is 2. The number of para-hydroxylation sites is 3. The van der Waals surface area contributed by atoms with Crippen LogP contribution >= 0.6 is 7.92 Å². The summed E-state index contributed by atoms with van der Waals surface area (Å²) >= 11 is 0. The first-order valence-corrected chi connectivity index (χ1v) is 13.1. The molecule has 0 N–H and O–H groups in total. The smallest absolute Gasteiger partial charge is 0.0866 e. The highest BCUT2D eigenvalue weighted by Gasteiger charge is 2.22. The molecule has 0 spiro atoms. The first kappa shape index (κ1) is 22.8. The van der Waals surface area contributed by atoms with Gasteiger partial charge in [0.25, 0.3) is 0 Å². The summed E-state index contributed by atoms with van der Waals surface area (Å²) in [6.07, 6.45) is 1.93. The monoisotopic (exact) mass is 470 g/mol. The predicted molar refractivity (Wildman–Crippen MR) is 153 cm³/mol. The predicted octanol–water partition coefficient (Wildman–Crippen LogP) is 6.96. The Kier molecular flexibility index (Phi) is 7.13. The summed E-state index contributed by atoms with van der Waals surface area (Å²) in [5.74, 6) is 0. The number of rotatable bonds is 7. The minimum absolute atomic E-state index is 0.723. The molecule has 0 atom stereocenters. The van der Waals surface area contributed by atoms with Crippen LogP contribution in [0, 0.1) is 0 Å². The summed E-state index contributed by atoms with van der Waals surface area (Å²) in [7, 11) is 1.41. The number of aliphatic imine (C=N–C) groups is 1. The fraction of sp³-hybridized carbons (Fsp3) is 0.0312. The largest absolute Gasteiger partial charge is 0.342 e. The second kappa shape index (κ2) is 11.0. The number of anilines is 2. The number of nitrogens with zero attached hydrogens (tertiary/aromatic N) is 2. The molecule has 0 heterocycles. The van der Waals surface area contributed by atoms with Crippen LogP contribution in [-0.4, -0.2) is 13.3 Å². The summed E-state index contributed by atoms with van der Waals surface area (Å²) in [4.78, 5) is 7.12. The molecule has 0 amide bonds. The maximum atomic E-state index is 4.85. The van der Waals surface area contributed by atoms with Crippen molar-refractivity contribution in [2.45, 2.75) is 0 Å². The van der Waals surface area contributed by atoms with Gasteiger partial charge in [-0.1, -0.05) is 121 Å². The van der Waals surface area contributed by atoms with Crippen LogP contribution in [0.5, 0.6) is 0 Å². The normalized spacial score (nSPS) is 11.1. The van der Waals surface area contributed by atoms with E-state index in [9.17, 15) is 0 Å². The molecule has 5 aromatic rings. The fourth-order valence-corrected chi connectivity index (χ4v) is 6.67. The standard InChI is InChI=1S/C32H27N2P/c1-34(30-22-12-11-21-29(30)33-25-26-15-5-2-6-16-26)31-23-13-14-24-32(31)35(27-17-7-3-8-18-27)28-19-9-4-10-20-28/h2-25H,1H3. The van der Waals surface area contributed by atoms with Gasteiger partial charge in [-0.3, -0.25) is 4.99 Å². The van der Waals surface area contributed by atoms with Crippen molar-refractivity contribution in [2.24, 2.45) is 4.99 Å². The van der Waals surface area contributed by atoms with Crippen LogP contribution < -0.4 is 20.8 Å². The topological polar surface area (TPSA) is 15.6 Å². The van der Waals surface area contributed by atoms with Crippen molar-refractivity contribution in [3.63, 3.8) is 0 Å². The Morgan fingerprint density at radius 2 is 1.03 bits per heavy atom. The van der Waals surface area contributed by atoms with Crippen molar-refractivity contribution in [2.75, 3.05) is 11.9 Å². The lowest BCUT2D eigenvalue weighted by molar-refractivity contribution is 1.21. The fourth-order valence-electron chi connectivity index (χ4n) is 4.19. The third-order valence-electron chi connectivity index (χ3n) is 5.91. The summed E-state index contributed by atoms with van der Waals surface area (Å²) in [6.45, 7) is 0. The van der Waals surface area contributed by atoms with Crippen LogP contribution in [0.1, 0.15) is 5.56 Å². The maximum absolute atomic E-state index is 4.85. The molecular formula is C32H27N2P. The zero-order valence-electron chi connectivity index (χ0n) is 19.7. The van der Waals surface area contributed by atoms with Crippen molar-refractivity contribution in [3.8, 4) is 0 Å². The molecule has 0 aliphatic rings. The van der Waals surface area contributed by atoms with Gasteiger partial charge in [0, 0.05) is 24.3 Å². The van der Waals surface area contributed by atoms with Gasteiger partial charge in [0.05, 0.1) is 11.4 Å². The van der Waals surface area contributed by atoms with Gasteiger partial charge in [0.2, 0.25) is 0 Å². The highest BCUT2D eigenvalue weighted by molar-refractivity contribution is 7.80. The van der Waals surface area contributed by atoms with Crippen molar-refractivity contribution in [3.05, 3.63) is 145 Å². The molecule has 2 nitrogen and oxygen atoms in total. The Bertz CT molecular complexity index is 1360. The molecule has 0 unspecified atom stereocenters. The summed E-state index contributed by atoms with van der Waals surface area (Å²) in [5.41, 5.74) is 4.29. The van der Waals surface area contributed by atoms with E-state index in [2.05, 4.69) is 127 Å². The summed E-state index contributed by atoms with van der Waals surface area (Å²) < 4.78 is 0. The molecule has 0 saturated carbocycles. The molecule has 3 heteroatoms. The van der Waals surface area contributed by atoms with Gasteiger partial charge in [-0.2, -0.15) is 0 Å². The van der Waals surface area contributed by atoms with Gasteiger partial charge in [-0.25, -0.2) is 0 Å². The van der Waals surface area contributed by atoms with Gasteiger partial charge < -0.3 is 4.90 Å². The Labute approximate surface area is 209 Å². The van der Waals surface area contributed by atoms with E-state index < -0.39 is 7.92 Å². The van der Waals surface area contributed by atoms with Gasteiger partial charge in [-0.05, 0) is 42.3 Å². The van der Waals surface area contributed by atoms with Gasteiger partial charge in [0.1, 0.15) is 0 Å². The molecule has 0 aliphatic heterocycles. The zero-order valence-corrected chi connectivity index (χ0v) is 20.6. The van der Waals surface area contributed by atoms with E-state index in [1.165, 1.54) is 21.6 Å². The van der Waals surface area contributed by atoms with E-state index in [0.29, 0.717) is 0 Å². The van der Waals surface area contributed by atoms with Crippen LogP contribution in [0.4, 0.5) is 17.1 Å². The highest BCUT2D eigenvalue weighted by Crippen LogP contribution is 2.39. The van der Waals surface area contributed by atoms with E-state index in [1.54, 1.807) is 0 Å². The van der Waals surface area contributed by atoms with Crippen LogP contribution in [-0.2, 0) is 0 Å². The van der Waals surface area contributed by atoms with E-state index >= 15 is 0 Å². The molecule has 0 aliphatic carbocycles. The molecule has 0 aromatic heterocycles. The lowest BCUT2D eigenvalue weighted by atomic mass is 10.2. The maximum Gasteiger partial charge on any atom is 0.0866 e. The Morgan fingerprint density at radius 1 is 0.543 bits per heavy atom. The average Bonchev–Trinajstić information content (AvgIpc) is 2.94. The van der Waals surface area contributed by atoms with Crippen molar-refractivity contribution in [1.29, 1.82) is 0 Å². The SMILES string of the molecule is CN(c1ccccc1N=Cc1ccccc1)c1ccccc1P(c1ccccc1)c1ccccc1. The van der Waals surface area contributed by atoms with Crippen LogP contribution in [0.3, 0.4) is 0 Å². The molecule has 0 saturated heterocycles. The Morgan fingerprint density at radius 3 is 1.66 bits per heavy atom. The van der Waals surface area contributed by atoms with Crippen LogP contribution in [0.15, 0.2) is 145 Å². The van der Waals surface area contributed by atoms with E-state index in [1.807, 2.05) is 30.5 Å². The minimum atomic E-state index is -0.723. The first-order chi connectivity index (χ1) is 17.3. The van der Waals surface area contributed by atoms with Crippen molar-refractivity contribution < 1.29 is 0 Å². The quantitative estimate of drug-likeness (QED) is 0.185. The Balaban J connectivity index is 1.59. The van der Waals surface area contributed by atoms with E-state index in [-0.39, 0.29) is 0 Å². The van der Waals surface area contributed by atoms with Gasteiger partial charge >= 0.3 is 0 Å². The molecule has 35 heavy (non-hydrogen) atoms. The zero-order chi connectivity index (χ0) is 23.9. The van der Waals surface area contributed by atoms with E-state index in [0.717, 1.165) is 16.9 Å². The molecule has 0 fully saturated rings. The van der Waals surface area contributed by atoms with Crippen molar-refractivity contribution in [1.82, 2.24) is 0 Å². The van der Waals surface area contributed by atoms with Crippen molar-refractivity contribution >= 4 is 47.1 Å². The average molecular weight is 471 g/mol. The summed E-state index contributed by atoms with van der Waals surface area (Å²) in [5, 5.41) is 4.00. The summed E-state index contributed by atoms with van der Waals surface area (Å²) in [6, 6.07) is 49.0. The Hall–Kier alpha value is -4.00. The lowest BCUT2D eigenvalue weighted by Gasteiger charge is -2.28. The minimum Gasteiger partial charge on any atom is -0.342 e. The lowest BCUT2D eigenvalue weighted by Crippen LogP contribution is -2.25. The second-order valence-electron chi connectivity index (χ2n) is 8.21. The van der Waals surface area contributed by atoms with Gasteiger partial charge in [0.15, 0.2) is 0 Å².